The van der Waals surface area contributed by atoms with Crippen LogP contribution in [0.5, 0.6) is 0 Å². The molecule has 2 N–H and O–H groups in total. The lowest BCUT2D eigenvalue weighted by Gasteiger charge is -2.08. The molecule has 2 heteroatoms. The van der Waals surface area contributed by atoms with Gasteiger partial charge in [-0.15, -0.1) is 11.3 Å². The first-order valence-corrected chi connectivity index (χ1v) is 7.54. The van der Waals surface area contributed by atoms with Crippen LogP contribution in [0.25, 0.3) is 10.4 Å². The van der Waals surface area contributed by atoms with E-state index in [0.29, 0.717) is 5.41 Å². The molecule has 18 heavy (non-hydrogen) atoms. The quantitative estimate of drug-likeness (QED) is 0.881. The second-order valence-corrected chi connectivity index (χ2v) is 6.15. The van der Waals surface area contributed by atoms with Crippen molar-refractivity contribution in [3.63, 3.8) is 0 Å². The summed E-state index contributed by atoms with van der Waals surface area (Å²) in [7, 11) is 0. The topological polar surface area (TPSA) is 26.0 Å². The average Bonchev–Trinajstić information content (AvgIpc) is 3.08. The van der Waals surface area contributed by atoms with E-state index in [1.807, 2.05) is 11.3 Å². The predicted molar refractivity (Wildman–Crippen MR) is 79.1 cm³/mol. The van der Waals surface area contributed by atoms with Crippen molar-refractivity contribution in [1.29, 1.82) is 0 Å². The van der Waals surface area contributed by atoms with E-state index in [-0.39, 0.29) is 0 Å². The SMILES string of the molecule is CCc1ccc(-c2cc(C3(CN)CC3)cs2)cc1. The summed E-state index contributed by atoms with van der Waals surface area (Å²) in [6.07, 6.45) is 3.62. The summed E-state index contributed by atoms with van der Waals surface area (Å²) < 4.78 is 0. The monoisotopic (exact) mass is 257 g/mol. The van der Waals surface area contributed by atoms with Crippen LogP contribution in [0.3, 0.4) is 0 Å². The molecule has 3 rings (SSSR count). The minimum atomic E-state index is 0.318. The van der Waals surface area contributed by atoms with Gasteiger partial charge < -0.3 is 5.73 Å². The molecule has 0 radical (unpaired) electrons. The fourth-order valence-corrected chi connectivity index (χ4v) is 3.47. The Morgan fingerprint density at radius 1 is 1.22 bits per heavy atom. The van der Waals surface area contributed by atoms with Gasteiger partial charge in [0.05, 0.1) is 0 Å². The smallest absolute Gasteiger partial charge is 0.0345 e. The normalized spacial score (nSPS) is 16.8. The molecule has 0 spiro atoms. The molecule has 94 valence electrons. The molecular formula is C16H19NS. The Kier molecular flexibility index (Phi) is 3.00. The zero-order valence-electron chi connectivity index (χ0n) is 10.8. The Labute approximate surface area is 113 Å². The minimum absolute atomic E-state index is 0.318. The molecule has 1 aromatic carbocycles. The third kappa shape index (κ3) is 2.00. The Hall–Kier alpha value is -1.12. The lowest BCUT2D eigenvalue weighted by atomic mass is 9.98. The largest absolute Gasteiger partial charge is 0.330 e. The molecule has 1 heterocycles. The van der Waals surface area contributed by atoms with Crippen molar-refractivity contribution in [3.8, 4) is 10.4 Å². The third-order valence-electron chi connectivity index (χ3n) is 4.10. The van der Waals surface area contributed by atoms with Crippen molar-refractivity contribution in [3.05, 3.63) is 46.8 Å². The number of benzene rings is 1. The van der Waals surface area contributed by atoms with E-state index in [9.17, 15) is 0 Å². The molecule has 0 atom stereocenters. The molecule has 1 fully saturated rings. The summed E-state index contributed by atoms with van der Waals surface area (Å²) in [5, 5.41) is 2.29. The number of hydrogen-bond acceptors (Lipinski definition) is 2. The molecule has 2 aromatic rings. The molecular weight excluding hydrogens is 238 g/mol. The maximum absolute atomic E-state index is 5.89. The first-order valence-electron chi connectivity index (χ1n) is 6.66. The van der Waals surface area contributed by atoms with Gasteiger partial charge in [-0.1, -0.05) is 31.2 Å². The standard InChI is InChI=1S/C16H19NS/c1-2-12-3-5-13(6-4-12)15-9-14(10-18-15)16(11-17)7-8-16/h3-6,9-10H,2,7-8,11,17H2,1H3. The van der Waals surface area contributed by atoms with Crippen LogP contribution in [0.15, 0.2) is 35.7 Å². The highest BCUT2D eigenvalue weighted by Crippen LogP contribution is 2.49. The zero-order chi connectivity index (χ0) is 12.6. The van der Waals surface area contributed by atoms with Crippen LogP contribution >= 0.6 is 11.3 Å². The Balaban J connectivity index is 1.88. The van der Waals surface area contributed by atoms with E-state index in [0.717, 1.165) is 13.0 Å². The molecule has 0 saturated heterocycles. The first kappa shape index (κ1) is 11.9. The summed E-state index contributed by atoms with van der Waals surface area (Å²) >= 11 is 1.84. The molecule has 1 aliphatic rings. The number of hydrogen-bond donors (Lipinski definition) is 1. The van der Waals surface area contributed by atoms with Crippen LogP contribution < -0.4 is 5.73 Å². The van der Waals surface area contributed by atoms with Gasteiger partial charge >= 0.3 is 0 Å². The summed E-state index contributed by atoms with van der Waals surface area (Å²) in [6.45, 7) is 2.98. The predicted octanol–water partition coefficient (Wildman–Crippen LogP) is 3.97. The van der Waals surface area contributed by atoms with Crippen LogP contribution in [-0.2, 0) is 11.8 Å². The molecule has 0 bridgehead atoms. The van der Waals surface area contributed by atoms with Gasteiger partial charge in [0, 0.05) is 16.8 Å². The van der Waals surface area contributed by atoms with Gasteiger partial charge in [0.15, 0.2) is 0 Å². The highest BCUT2D eigenvalue weighted by Gasteiger charge is 2.43. The van der Waals surface area contributed by atoms with Gasteiger partial charge in [0.1, 0.15) is 0 Å². The fourth-order valence-electron chi connectivity index (χ4n) is 2.43. The first-order chi connectivity index (χ1) is 8.77. The van der Waals surface area contributed by atoms with Crippen LogP contribution in [0.2, 0.25) is 0 Å². The minimum Gasteiger partial charge on any atom is -0.330 e. The van der Waals surface area contributed by atoms with Crippen LogP contribution in [0.4, 0.5) is 0 Å². The number of aryl methyl sites for hydroxylation is 1. The van der Waals surface area contributed by atoms with Crippen LogP contribution in [-0.4, -0.2) is 6.54 Å². The maximum atomic E-state index is 5.89. The molecule has 1 aromatic heterocycles. The van der Waals surface area contributed by atoms with E-state index in [1.165, 1.54) is 34.4 Å². The van der Waals surface area contributed by atoms with E-state index in [2.05, 4.69) is 42.6 Å². The van der Waals surface area contributed by atoms with Crippen molar-refractivity contribution in [2.24, 2.45) is 5.73 Å². The van der Waals surface area contributed by atoms with Crippen molar-refractivity contribution < 1.29 is 0 Å². The highest BCUT2D eigenvalue weighted by molar-refractivity contribution is 7.13. The number of rotatable bonds is 4. The third-order valence-corrected chi connectivity index (χ3v) is 5.08. The molecule has 0 amide bonds. The van der Waals surface area contributed by atoms with Gasteiger partial charge in [0.2, 0.25) is 0 Å². The molecule has 1 saturated carbocycles. The summed E-state index contributed by atoms with van der Waals surface area (Å²) in [5.41, 5.74) is 10.4. The number of thiophene rings is 1. The Morgan fingerprint density at radius 3 is 2.50 bits per heavy atom. The summed E-state index contributed by atoms with van der Waals surface area (Å²) in [4.78, 5) is 1.37. The van der Waals surface area contributed by atoms with Gasteiger partial charge in [-0.25, -0.2) is 0 Å². The Bertz CT molecular complexity index is 534. The lowest BCUT2D eigenvalue weighted by molar-refractivity contribution is 0.708. The average molecular weight is 257 g/mol. The zero-order valence-corrected chi connectivity index (χ0v) is 11.6. The van der Waals surface area contributed by atoms with Crippen molar-refractivity contribution in [2.45, 2.75) is 31.6 Å². The van der Waals surface area contributed by atoms with Crippen molar-refractivity contribution in [1.82, 2.24) is 0 Å². The van der Waals surface area contributed by atoms with E-state index in [4.69, 9.17) is 5.73 Å². The van der Waals surface area contributed by atoms with Gasteiger partial charge in [-0.2, -0.15) is 0 Å². The second-order valence-electron chi connectivity index (χ2n) is 5.23. The van der Waals surface area contributed by atoms with E-state index < -0.39 is 0 Å². The van der Waals surface area contributed by atoms with E-state index in [1.54, 1.807) is 0 Å². The molecule has 1 aliphatic carbocycles. The molecule has 1 nitrogen and oxygen atoms in total. The molecule has 0 aliphatic heterocycles. The van der Waals surface area contributed by atoms with E-state index >= 15 is 0 Å². The van der Waals surface area contributed by atoms with Crippen LogP contribution in [0, 0.1) is 0 Å². The second kappa shape index (κ2) is 4.52. The van der Waals surface area contributed by atoms with Gasteiger partial charge in [-0.05, 0) is 47.4 Å². The lowest BCUT2D eigenvalue weighted by Crippen LogP contribution is -2.18. The van der Waals surface area contributed by atoms with Crippen molar-refractivity contribution >= 4 is 11.3 Å². The fraction of sp³-hybridized carbons (Fsp3) is 0.375. The maximum Gasteiger partial charge on any atom is 0.0345 e. The highest BCUT2D eigenvalue weighted by atomic mass is 32.1. The summed E-state index contributed by atoms with van der Waals surface area (Å²) in [5.74, 6) is 0. The Morgan fingerprint density at radius 2 is 1.94 bits per heavy atom. The van der Waals surface area contributed by atoms with Crippen molar-refractivity contribution in [2.75, 3.05) is 6.54 Å². The van der Waals surface area contributed by atoms with Crippen LogP contribution in [0.1, 0.15) is 30.9 Å². The van der Waals surface area contributed by atoms with Gasteiger partial charge in [0.25, 0.3) is 0 Å². The summed E-state index contributed by atoms with van der Waals surface area (Å²) in [6, 6.07) is 11.3. The number of nitrogens with two attached hydrogens (primary N) is 1. The van der Waals surface area contributed by atoms with Gasteiger partial charge in [-0.3, -0.25) is 0 Å². The molecule has 0 unspecified atom stereocenters.